The Kier molecular flexibility index (Phi) is 5.41. The molecule has 4 nitrogen and oxygen atoms in total. The van der Waals surface area contributed by atoms with Crippen molar-refractivity contribution in [2.45, 2.75) is 6.92 Å². The summed E-state index contributed by atoms with van der Waals surface area (Å²) < 4.78 is 19.1. The Morgan fingerprint density at radius 3 is 2.78 bits per heavy atom. The van der Waals surface area contributed by atoms with Crippen LogP contribution < -0.4 is 0 Å². The van der Waals surface area contributed by atoms with Gasteiger partial charge in [-0.25, -0.2) is 0 Å². The quantitative estimate of drug-likeness (QED) is 0.570. The molecular weight excluding hydrogens is 142 g/mol. The third-order valence-corrected chi connectivity index (χ3v) is 1.17. The first-order chi connectivity index (χ1) is 4.31. The van der Waals surface area contributed by atoms with Crippen LogP contribution in [-0.4, -0.2) is 17.4 Å². The van der Waals surface area contributed by atoms with Crippen molar-refractivity contribution < 1.29 is 12.6 Å². The van der Waals surface area contributed by atoms with E-state index in [9.17, 15) is 4.21 Å². The minimum atomic E-state index is -1.74. The van der Waals surface area contributed by atoms with Crippen molar-refractivity contribution in [1.29, 1.82) is 5.26 Å². The normalized spacial score (nSPS) is 12.4. The van der Waals surface area contributed by atoms with Gasteiger partial charge in [0, 0.05) is 0 Å². The molecule has 0 radical (unpaired) electrons. The topological polar surface area (TPSA) is 59.3 Å². The van der Waals surface area contributed by atoms with Crippen LogP contribution in [0.25, 0.3) is 0 Å². The van der Waals surface area contributed by atoms with Crippen LogP contribution in [0.1, 0.15) is 6.92 Å². The molecule has 5 heteroatoms. The van der Waals surface area contributed by atoms with E-state index in [-0.39, 0.29) is 6.61 Å². The van der Waals surface area contributed by atoms with Crippen molar-refractivity contribution in [2.75, 3.05) is 13.2 Å². The van der Waals surface area contributed by atoms with Gasteiger partial charge < -0.3 is 0 Å². The highest BCUT2D eigenvalue weighted by atomic mass is 32.2. The van der Waals surface area contributed by atoms with Gasteiger partial charge in [-0.2, -0.15) is 9.47 Å². The molecule has 0 aromatic rings. The summed E-state index contributed by atoms with van der Waals surface area (Å²) in [6, 6.07) is 1.66. The summed E-state index contributed by atoms with van der Waals surface area (Å²) >= 11 is -1.74. The standard InChI is InChI=1S/C4H7NO3S/c1-2-7-9(6)8-4-3-5/h2,4H2,1H3. The first kappa shape index (κ1) is 8.56. The predicted octanol–water partition coefficient (Wildman–Crippen LogP) is 0.142. The van der Waals surface area contributed by atoms with E-state index in [4.69, 9.17) is 5.26 Å². The lowest BCUT2D eigenvalue weighted by atomic mass is 10.9. The molecule has 0 saturated carbocycles. The number of hydrogen-bond donors (Lipinski definition) is 0. The summed E-state index contributed by atoms with van der Waals surface area (Å²) in [5, 5.41) is 7.92. The summed E-state index contributed by atoms with van der Waals surface area (Å²) in [5.41, 5.74) is 0. The van der Waals surface area contributed by atoms with Gasteiger partial charge in [-0.1, -0.05) is 0 Å². The van der Waals surface area contributed by atoms with Crippen LogP contribution in [0, 0.1) is 11.3 Å². The molecule has 0 amide bonds. The van der Waals surface area contributed by atoms with Crippen molar-refractivity contribution in [3.8, 4) is 6.07 Å². The molecule has 0 heterocycles. The van der Waals surface area contributed by atoms with Crippen LogP contribution in [0.3, 0.4) is 0 Å². The fraction of sp³-hybridized carbons (Fsp3) is 0.750. The van der Waals surface area contributed by atoms with Crippen LogP contribution in [0.2, 0.25) is 0 Å². The molecule has 0 spiro atoms. The van der Waals surface area contributed by atoms with Crippen LogP contribution in [-0.2, 0) is 19.7 Å². The molecule has 0 aliphatic heterocycles. The fourth-order valence-corrected chi connectivity index (χ4v) is 0.614. The van der Waals surface area contributed by atoms with E-state index >= 15 is 0 Å². The van der Waals surface area contributed by atoms with Crippen LogP contribution >= 0.6 is 0 Å². The van der Waals surface area contributed by atoms with Crippen molar-refractivity contribution in [3.63, 3.8) is 0 Å². The van der Waals surface area contributed by atoms with Crippen molar-refractivity contribution in [2.24, 2.45) is 0 Å². The molecule has 1 unspecified atom stereocenters. The van der Waals surface area contributed by atoms with Gasteiger partial charge in [-0.3, -0.25) is 8.37 Å². The monoisotopic (exact) mass is 149 g/mol. The maximum absolute atomic E-state index is 10.3. The Balaban J connectivity index is 3.19. The lowest BCUT2D eigenvalue weighted by Crippen LogP contribution is -2.01. The largest absolute Gasteiger partial charge is 0.305 e. The van der Waals surface area contributed by atoms with E-state index < -0.39 is 11.4 Å². The zero-order valence-electron chi connectivity index (χ0n) is 4.99. The van der Waals surface area contributed by atoms with E-state index in [0.717, 1.165) is 0 Å². The minimum Gasteiger partial charge on any atom is -0.269 e. The van der Waals surface area contributed by atoms with Crippen LogP contribution in [0.4, 0.5) is 0 Å². The zero-order chi connectivity index (χ0) is 7.11. The second-order valence-electron chi connectivity index (χ2n) is 1.03. The van der Waals surface area contributed by atoms with Gasteiger partial charge in [0.15, 0.2) is 6.61 Å². The smallest absolute Gasteiger partial charge is 0.269 e. The molecular formula is C4H7NO3S. The van der Waals surface area contributed by atoms with Crippen LogP contribution in [0.15, 0.2) is 0 Å². The number of nitrogens with zero attached hydrogens (tertiary/aromatic N) is 1. The van der Waals surface area contributed by atoms with Gasteiger partial charge in [0.2, 0.25) is 0 Å². The van der Waals surface area contributed by atoms with E-state index in [1.165, 1.54) is 0 Å². The molecule has 52 valence electrons. The van der Waals surface area contributed by atoms with Gasteiger partial charge in [0.05, 0.1) is 12.7 Å². The van der Waals surface area contributed by atoms with Gasteiger partial charge >= 0.3 is 11.4 Å². The second-order valence-corrected chi connectivity index (χ2v) is 1.91. The first-order valence-corrected chi connectivity index (χ1v) is 3.36. The minimum absolute atomic E-state index is 0.202. The number of hydrogen-bond acceptors (Lipinski definition) is 4. The maximum Gasteiger partial charge on any atom is 0.305 e. The highest BCUT2D eigenvalue weighted by Crippen LogP contribution is 1.85. The molecule has 0 N–H and O–H groups in total. The summed E-state index contributed by atoms with van der Waals surface area (Å²) in [6.07, 6.45) is 0. The molecule has 0 saturated heterocycles. The summed E-state index contributed by atoms with van der Waals surface area (Å²) in [4.78, 5) is 0. The third kappa shape index (κ3) is 5.43. The van der Waals surface area contributed by atoms with E-state index in [0.29, 0.717) is 6.61 Å². The lowest BCUT2D eigenvalue weighted by Gasteiger charge is -1.94. The molecule has 0 aliphatic carbocycles. The van der Waals surface area contributed by atoms with E-state index in [2.05, 4.69) is 8.37 Å². The van der Waals surface area contributed by atoms with Crippen molar-refractivity contribution in [3.05, 3.63) is 0 Å². The second kappa shape index (κ2) is 5.69. The number of rotatable bonds is 4. The highest BCUT2D eigenvalue weighted by Gasteiger charge is 1.95. The molecule has 9 heavy (non-hydrogen) atoms. The summed E-state index contributed by atoms with van der Waals surface area (Å²) in [6.45, 7) is 1.80. The molecule has 0 rings (SSSR count). The molecule has 1 atom stereocenters. The van der Waals surface area contributed by atoms with E-state index in [1.807, 2.05) is 0 Å². The summed E-state index contributed by atoms with van der Waals surface area (Å²) in [7, 11) is 0. The first-order valence-electron chi connectivity index (χ1n) is 2.36. The Hall–Kier alpha value is -0.440. The fourth-order valence-electron chi connectivity index (χ4n) is 0.205. The average Bonchev–Trinajstić information content (AvgIpc) is 1.85. The molecule has 0 aromatic carbocycles. The number of nitriles is 1. The van der Waals surface area contributed by atoms with Crippen molar-refractivity contribution in [1.82, 2.24) is 0 Å². The lowest BCUT2D eigenvalue weighted by molar-refractivity contribution is 0.280. The Labute approximate surface area is 56.2 Å². The van der Waals surface area contributed by atoms with Gasteiger partial charge in [-0.15, -0.1) is 0 Å². The highest BCUT2D eigenvalue weighted by molar-refractivity contribution is 7.75. The predicted molar refractivity (Wildman–Crippen MR) is 31.3 cm³/mol. The van der Waals surface area contributed by atoms with Crippen LogP contribution in [0.5, 0.6) is 0 Å². The molecule has 0 bridgehead atoms. The average molecular weight is 149 g/mol. The van der Waals surface area contributed by atoms with Gasteiger partial charge in [0.1, 0.15) is 0 Å². The molecule has 0 aliphatic rings. The van der Waals surface area contributed by atoms with Gasteiger partial charge in [-0.05, 0) is 6.92 Å². The van der Waals surface area contributed by atoms with E-state index in [1.54, 1.807) is 13.0 Å². The zero-order valence-corrected chi connectivity index (χ0v) is 5.81. The maximum atomic E-state index is 10.3. The Bertz CT molecular complexity index is 130. The molecule has 0 fully saturated rings. The van der Waals surface area contributed by atoms with Gasteiger partial charge in [0.25, 0.3) is 0 Å². The Morgan fingerprint density at radius 1 is 1.67 bits per heavy atom. The third-order valence-electron chi connectivity index (χ3n) is 0.434. The molecule has 0 aromatic heterocycles. The summed E-state index contributed by atoms with van der Waals surface area (Å²) in [5.74, 6) is 0. The Morgan fingerprint density at radius 2 is 2.33 bits per heavy atom. The SMILES string of the molecule is CCOS(=O)OCC#N. The van der Waals surface area contributed by atoms with Crippen molar-refractivity contribution >= 4 is 11.4 Å².